The van der Waals surface area contributed by atoms with Crippen molar-refractivity contribution in [3.8, 4) is 0 Å². The van der Waals surface area contributed by atoms with Crippen molar-refractivity contribution in [2.75, 3.05) is 12.4 Å². The minimum Gasteiger partial charge on any atom is -0.469 e. The molecule has 29 heavy (non-hydrogen) atoms. The highest BCUT2D eigenvalue weighted by Gasteiger charge is 2.21. The SMILES string of the molecule is COC(=O)CCCCc1nc(NCc2ccccc2)c2c3c(sc2n1)CCCC3. The molecule has 0 saturated carbocycles. The Balaban J connectivity index is 1.57. The summed E-state index contributed by atoms with van der Waals surface area (Å²) >= 11 is 1.83. The molecule has 1 aromatic carbocycles. The fourth-order valence-corrected chi connectivity index (χ4v) is 5.16. The van der Waals surface area contributed by atoms with Gasteiger partial charge in [0.2, 0.25) is 0 Å². The number of hydrogen-bond acceptors (Lipinski definition) is 6. The van der Waals surface area contributed by atoms with Crippen molar-refractivity contribution < 1.29 is 9.53 Å². The van der Waals surface area contributed by atoms with Gasteiger partial charge in [0.05, 0.1) is 12.5 Å². The van der Waals surface area contributed by atoms with Crippen LogP contribution in [0.25, 0.3) is 10.2 Å². The van der Waals surface area contributed by atoms with Crippen molar-refractivity contribution in [3.05, 3.63) is 52.2 Å². The number of fused-ring (bicyclic) bond motifs is 3. The monoisotopic (exact) mass is 409 g/mol. The molecule has 3 aromatic rings. The van der Waals surface area contributed by atoms with Crippen molar-refractivity contribution >= 4 is 33.3 Å². The topological polar surface area (TPSA) is 64.1 Å². The van der Waals surface area contributed by atoms with Gasteiger partial charge in [0, 0.05) is 24.3 Å². The second kappa shape index (κ2) is 9.35. The molecule has 0 radical (unpaired) electrons. The number of hydrogen-bond donors (Lipinski definition) is 1. The number of thiophene rings is 1. The Hall–Kier alpha value is -2.47. The number of unbranched alkanes of at least 4 members (excludes halogenated alkanes) is 1. The number of benzene rings is 1. The lowest BCUT2D eigenvalue weighted by molar-refractivity contribution is -0.140. The van der Waals surface area contributed by atoms with E-state index >= 15 is 0 Å². The average Bonchev–Trinajstić information content (AvgIpc) is 3.14. The minimum absolute atomic E-state index is 0.155. The molecule has 152 valence electrons. The summed E-state index contributed by atoms with van der Waals surface area (Å²) < 4.78 is 4.72. The molecule has 0 saturated heterocycles. The quantitative estimate of drug-likeness (QED) is 0.416. The Kier molecular flexibility index (Phi) is 6.39. The van der Waals surface area contributed by atoms with E-state index in [1.807, 2.05) is 17.4 Å². The standard InChI is InChI=1S/C23H27N3O2S/c1-28-20(27)14-8-7-13-19-25-22(24-15-16-9-3-2-4-10-16)21-17-11-5-6-12-18(17)29-23(21)26-19/h2-4,9-10H,5-8,11-15H2,1H3,(H,24,25,26). The number of rotatable bonds is 8. The zero-order valence-corrected chi connectivity index (χ0v) is 17.7. The maximum Gasteiger partial charge on any atom is 0.305 e. The van der Waals surface area contributed by atoms with Crippen LogP contribution >= 0.6 is 11.3 Å². The first-order valence-electron chi connectivity index (χ1n) is 10.4. The van der Waals surface area contributed by atoms with Gasteiger partial charge in [-0.05, 0) is 49.7 Å². The number of aromatic nitrogens is 2. The van der Waals surface area contributed by atoms with E-state index in [0.29, 0.717) is 6.42 Å². The summed E-state index contributed by atoms with van der Waals surface area (Å²) in [4.78, 5) is 23.7. The number of methoxy groups -OCH3 is 1. The maximum atomic E-state index is 11.3. The first-order chi connectivity index (χ1) is 14.2. The third-order valence-corrected chi connectivity index (χ3v) is 6.61. The van der Waals surface area contributed by atoms with Crippen molar-refractivity contribution in [2.45, 2.75) is 57.9 Å². The molecule has 0 bridgehead atoms. The van der Waals surface area contributed by atoms with Gasteiger partial charge in [-0.2, -0.15) is 0 Å². The second-order valence-electron chi connectivity index (χ2n) is 7.50. The first-order valence-corrected chi connectivity index (χ1v) is 11.2. The molecule has 0 spiro atoms. The smallest absolute Gasteiger partial charge is 0.305 e. The van der Waals surface area contributed by atoms with E-state index in [4.69, 9.17) is 14.7 Å². The van der Waals surface area contributed by atoms with Crippen LogP contribution in [0.15, 0.2) is 30.3 Å². The Morgan fingerprint density at radius 3 is 2.79 bits per heavy atom. The normalized spacial score (nSPS) is 13.3. The number of esters is 1. The van der Waals surface area contributed by atoms with E-state index in [0.717, 1.165) is 55.1 Å². The molecule has 4 rings (SSSR count). The van der Waals surface area contributed by atoms with Crippen LogP contribution in [0.2, 0.25) is 0 Å². The summed E-state index contributed by atoms with van der Waals surface area (Å²) in [6, 6.07) is 10.4. The highest BCUT2D eigenvalue weighted by atomic mass is 32.1. The molecule has 2 heterocycles. The van der Waals surface area contributed by atoms with Gasteiger partial charge in [0.1, 0.15) is 16.5 Å². The van der Waals surface area contributed by atoms with Gasteiger partial charge in [0.25, 0.3) is 0 Å². The summed E-state index contributed by atoms with van der Waals surface area (Å²) in [7, 11) is 1.43. The van der Waals surface area contributed by atoms with Crippen molar-refractivity contribution in [3.63, 3.8) is 0 Å². The van der Waals surface area contributed by atoms with Gasteiger partial charge in [-0.3, -0.25) is 4.79 Å². The molecule has 0 amide bonds. The largest absolute Gasteiger partial charge is 0.469 e. The summed E-state index contributed by atoms with van der Waals surface area (Å²) in [5.41, 5.74) is 2.69. The van der Waals surface area contributed by atoms with Crippen LogP contribution in [-0.4, -0.2) is 23.0 Å². The predicted octanol–water partition coefficient (Wildman–Crippen LogP) is 5.07. The first kappa shape index (κ1) is 19.8. The second-order valence-corrected chi connectivity index (χ2v) is 8.59. The van der Waals surface area contributed by atoms with Gasteiger partial charge < -0.3 is 10.1 Å². The molecule has 0 unspecified atom stereocenters. The number of carbonyl (C=O) groups is 1. The lowest BCUT2D eigenvalue weighted by atomic mass is 9.97. The van der Waals surface area contributed by atoms with Crippen LogP contribution in [0, 0.1) is 0 Å². The molecule has 1 aliphatic rings. The fourth-order valence-electron chi connectivity index (χ4n) is 3.88. The molecule has 0 fully saturated rings. The summed E-state index contributed by atoms with van der Waals surface area (Å²) in [5, 5.41) is 4.80. The van der Waals surface area contributed by atoms with Gasteiger partial charge in [-0.15, -0.1) is 11.3 Å². The van der Waals surface area contributed by atoms with E-state index in [2.05, 4.69) is 29.6 Å². The Bertz CT molecular complexity index is 985. The van der Waals surface area contributed by atoms with Crippen LogP contribution in [-0.2, 0) is 35.3 Å². The van der Waals surface area contributed by atoms with E-state index in [1.54, 1.807) is 0 Å². The Labute approximate surface area is 175 Å². The van der Waals surface area contributed by atoms with E-state index < -0.39 is 0 Å². The lowest BCUT2D eigenvalue weighted by Crippen LogP contribution is -2.07. The fraction of sp³-hybridized carbons (Fsp3) is 0.435. The summed E-state index contributed by atoms with van der Waals surface area (Å²) in [6.45, 7) is 0.749. The third kappa shape index (κ3) is 4.75. The molecule has 5 nitrogen and oxygen atoms in total. The Morgan fingerprint density at radius 1 is 1.14 bits per heavy atom. The van der Waals surface area contributed by atoms with Crippen molar-refractivity contribution in [1.29, 1.82) is 0 Å². The number of aryl methyl sites for hydroxylation is 3. The molecule has 2 aromatic heterocycles. The number of anilines is 1. The van der Waals surface area contributed by atoms with Crippen LogP contribution in [0.4, 0.5) is 5.82 Å². The van der Waals surface area contributed by atoms with Crippen molar-refractivity contribution in [1.82, 2.24) is 9.97 Å². The van der Waals surface area contributed by atoms with Gasteiger partial charge in [-0.1, -0.05) is 30.3 Å². The summed E-state index contributed by atoms with van der Waals surface area (Å²) in [6.07, 6.45) is 7.68. The summed E-state index contributed by atoms with van der Waals surface area (Å²) in [5.74, 6) is 1.66. The zero-order valence-electron chi connectivity index (χ0n) is 16.9. The highest BCUT2D eigenvalue weighted by molar-refractivity contribution is 7.19. The minimum atomic E-state index is -0.155. The number of nitrogens with zero attached hydrogens (tertiary/aromatic N) is 2. The van der Waals surface area contributed by atoms with Crippen LogP contribution in [0.3, 0.4) is 0 Å². The number of carbonyl (C=O) groups excluding carboxylic acids is 1. The number of ether oxygens (including phenoxy) is 1. The molecular formula is C23H27N3O2S. The molecule has 1 N–H and O–H groups in total. The Morgan fingerprint density at radius 2 is 1.97 bits per heavy atom. The van der Waals surface area contributed by atoms with E-state index in [1.165, 1.54) is 41.3 Å². The molecule has 1 aliphatic carbocycles. The predicted molar refractivity (Wildman–Crippen MR) is 117 cm³/mol. The zero-order chi connectivity index (χ0) is 20.1. The van der Waals surface area contributed by atoms with Crippen molar-refractivity contribution in [2.24, 2.45) is 0 Å². The van der Waals surface area contributed by atoms with Gasteiger partial charge >= 0.3 is 5.97 Å². The van der Waals surface area contributed by atoms with Gasteiger partial charge in [0.15, 0.2) is 0 Å². The molecule has 0 atom stereocenters. The van der Waals surface area contributed by atoms with E-state index in [9.17, 15) is 4.79 Å². The number of nitrogens with one attached hydrogen (secondary N) is 1. The molecular weight excluding hydrogens is 382 g/mol. The highest BCUT2D eigenvalue weighted by Crippen LogP contribution is 2.38. The lowest BCUT2D eigenvalue weighted by Gasteiger charge is -2.13. The van der Waals surface area contributed by atoms with Crippen LogP contribution in [0.5, 0.6) is 0 Å². The van der Waals surface area contributed by atoms with E-state index in [-0.39, 0.29) is 5.97 Å². The molecule has 6 heteroatoms. The van der Waals surface area contributed by atoms with Crippen LogP contribution < -0.4 is 5.32 Å². The molecule has 0 aliphatic heterocycles. The average molecular weight is 410 g/mol. The van der Waals surface area contributed by atoms with Gasteiger partial charge in [-0.25, -0.2) is 9.97 Å². The third-order valence-electron chi connectivity index (χ3n) is 5.42. The maximum absolute atomic E-state index is 11.3. The van der Waals surface area contributed by atoms with Crippen LogP contribution in [0.1, 0.15) is 53.9 Å².